The summed E-state index contributed by atoms with van der Waals surface area (Å²) in [5, 5.41) is 4.25. The van der Waals surface area contributed by atoms with E-state index in [1.807, 2.05) is 68.4 Å². The first-order valence-corrected chi connectivity index (χ1v) is 10.00. The van der Waals surface area contributed by atoms with E-state index in [1.54, 1.807) is 0 Å². The summed E-state index contributed by atoms with van der Waals surface area (Å²) in [7, 11) is 0. The smallest absolute Gasteiger partial charge is 0.267 e. The Bertz CT molecular complexity index is 1130. The van der Waals surface area contributed by atoms with Crippen molar-refractivity contribution in [2.45, 2.75) is 13.8 Å². The highest BCUT2D eigenvalue weighted by Gasteiger charge is 2.28. The number of aliphatic imine (C=N–C) groups is 1. The summed E-state index contributed by atoms with van der Waals surface area (Å²) < 4.78 is 2.23. The largest absolute Gasteiger partial charge is 0.301 e. The van der Waals surface area contributed by atoms with Gasteiger partial charge in [-0.05, 0) is 38.1 Å². The fourth-order valence-electron chi connectivity index (χ4n) is 3.48. The van der Waals surface area contributed by atoms with Crippen molar-refractivity contribution in [1.82, 2.24) is 9.78 Å². The van der Waals surface area contributed by atoms with Crippen LogP contribution in [0.1, 0.15) is 27.3 Å². The van der Waals surface area contributed by atoms with Gasteiger partial charge < -0.3 is 4.90 Å². The number of aryl methyl sites for hydroxylation is 2. The summed E-state index contributed by atoms with van der Waals surface area (Å²) in [5.41, 5.74) is 4.62. The van der Waals surface area contributed by atoms with E-state index in [9.17, 15) is 9.59 Å². The van der Waals surface area contributed by atoms with Crippen molar-refractivity contribution in [2.24, 2.45) is 4.99 Å². The third-order valence-electron chi connectivity index (χ3n) is 4.76. The molecule has 0 atom stereocenters. The molecule has 1 amide bonds. The van der Waals surface area contributed by atoms with E-state index < -0.39 is 0 Å². The highest BCUT2D eigenvalue weighted by atomic mass is 79.9. The van der Waals surface area contributed by atoms with Crippen molar-refractivity contribution in [3.05, 3.63) is 81.6 Å². The first kappa shape index (κ1) is 19.3. The highest BCUT2D eigenvalue weighted by molar-refractivity contribution is 9.10. The SMILES string of the molecule is Cc1cc(C)n(C(=O)CN2C(=O)CN=C(c3ccccc3)c3cc(Br)ccc32)n1. The first-order chi connectivity index (χ1) is 13.9. The Morgan fingerprint density at radius 3 is 2.55 bits per heavy atom. The minimum Gasteiger partial charge on any atom is -0.301 e. The molecule has 0 aliphatic carbocycles. The Kier molecular flexibility index (Phi) is 5.15. The molecule has 0 unspecified atom stereocenters. The number of rotatable bonds is 3. The molecule has 2 heterocycles. The van der Waals surface area contributed by atoms with Crippen LogP contribution in [-0.4, -0.2) is 40.4 Å². The molecule has 0 saturated heterocycles. The predicted octanol–water partition coefficient (Wildman–Crippen LogP) is 3.79. The Morgan fingerprint density at radius 1 is 1.10 bits per heavy atom. The highest BCUT2D eigenvalue weighted by Crippen LogP contribution is 2.30. The monoisotopic (exact) mass is 450 g/mol. The topological polar surface area (TPSA) is 67.6 Å². The third kappa shape index (κ3) is 3.78. The number of carbonyl (C=O) groups excluding carboxylic acids is 2. The minimum atomic E-state index is -0.263. The number of halogens is 1. The predicted molar refractivity (Wildman–Crippen MR) is 116 cm³/mol. The summed E-state index contributed by atoms with van der Waals surface area (Å²) in [6, 6.07) is 17.2. The molecule has 4 rings (SSSR count). The van der Waals surface area contributed by atoms with Crippen molar-refractivity contribution in [3.8, 4) is 0 Å². The number of fused-ring (bicyclic) bond motifs is 1. The average Bonchev–Trinajstić information content (AvgIpc) is 2.98. The number of hydrogen-bond donors (Lipinski definition) is 0. The lowest BCUT2D eigenvalue weighted by atomic mass is 10.0. The van der Waals surface area contributed by atoms with Crippen LogP contribution in [0.25, 0.3) is 0 Å². The number of benzene rings is 2. The average molecular weight is 451 g/mol. The van der Waals surface area contributed by atoms with E-state index in [0.29, 0.717) is 5.69 Å². The van der Waals surface area contributed by atoms with Gasteiger partial charge in [0.25, 0.3) is 5.91 Å². The fourth-order valence-corrected chi connectivity index (χ4v) is 3.85. The number of benzodiazepines with no additional fused rings is 1. The third-order valence-corrected chi connectivity index (χ3v) is 5.26. The van der Waals surface area contributed by atoms with E-state index in [4.69, 9.17) is 0 Å². The number of carbonyl (C=O) groups is 2. The first-order valence-electron chi connectivity index (χ1n) is 9.20. The molecule has 0 fully saturated rings. The molecule has 1 aliphatic rings. The van der Waals surface area contributed by atoms with Gasteiger partial charge in [0, 0.05) is 21.3 Å². The van der Waals surface area contributed by atoms with Gasteiger partial charge in [-0.15, -0.1) is 0 Å². The van der Waals surface area contributed by atoms with Crippen molar-refractivity contribution in [2.75, 3.05) is 18.0 Å². The summed E-state index contributed by atoms with van der Waals surface area (Å²) in [5.74, 6) is -0.490. The molecule has 1 aromatic heterocycles. The van der Waals surface area contributed by atoms with Gasteiger partial charge in [-0.3, -0.25) is 14.6 Å². The van der Waals surface area contributed by atoms with Gasteiger partial charge in [0.05, 0.1) is 17.1 Å². The quantitative estimate of drug-likeness (QED) is 0.609. The zero-order valence-electron chi connectivity index (χ0n) is 16.1. The van der Waals surface area contributed by atoms with E-state index >= 15 is 0 Å². The standard InChI is InChI=1S/C22H19BrN4O2/c1-14-10-15(2)27(25-14)21(29)13-26-19-9-8-17(23)11-18(19)22(24-12-20(26)28)16-6-4-3-5-7-16/h3-11H,12-13H2,1-2H3. The number of anilines is 1. The van der Waals surface area contributed by atoms with Crippen LogP contribution in [0.5, 0.6) is 0 Å². The summed E-state index contributed by atoms with van der Waals surface area (Å²) in [4.78, 5) is 31.9. The lowest BCUT2D eigenvalue weighted by molar-refractivity contribution is -0.117. The second-order valence-corrected chi connectivity index (χ2v) is 7.82. The maximum absolute atomic E-state index is 12.9. The summed E-state index contributed by atoms with van der Waals surface area (Å²) in [6.45, 7) is 3.53. The molecule has 7 heteroatoms. The van der Waals surface area contributed by atoms with Crippen LogP contribution in [0.15, 0.2) is 64.1 Å². The van der Waals surface area contributed by atoms with Gasteiger partial charge >= 0.3 is 0 Å². The molecular formula is C22H19BrN4O2. The number of aromatic nitrogens is 2. The van der Waals surface area contributed by atoms with Crippen molar-refractivity contribution in [3.63, 3.8) is 0 Å². The molecule has 3 aromatic rings. The van der Waals surface area contributed by atoms with E-state index in [2.05, 4.69) is 26.0 Å². The van der Waals surface area contributed by atoms with Crippen LogP contribution in [0.4, 0.5) is 5.69 Å². The van der Waals surface area contributed by atoms with Gasteiger partial charge in [0.2, 0.25) is 5.91 Å². The van der Waals surface area contributed by atoms with Crippen molar-refractivity contribution < 1.29 is 9.59 Å². The fraction of sp³-hybridized carbons (Fsp3) is 0.182. The molecular weight excluding hydrogens is 432 g/mol. The zero-order valence-corrected chi connectivity index (χ0v) is 17.7. The zero-order chi connectivity index (χ0) is 20.5. The molecule has 29 heavy (non-hydrogen) atoms. The normalized spacial score (nSPS) is 13.7. The van der Waals surface area contributed by atoms with Gasteiger partial charge in [-0.2, -0.15) is 5.10 Å². The second-order valence-electron chi connectivity index (χ2n) is 6.90. The molecule has 6 nitrogen and oxygen atoms in total. The Hall–Kier alpha value is -3.06. The lowest BCUT2D eigenvalue weighted by Gasteiger charge is -2.22. The molecule has 2 aromatic carbocycles. The van der Waals surface area contributed by atoms with Crippen LogP contribution < -0.4 is 4.90 Å². The molecule has 1 aliphatic heterocycles. The second kappa shape index (κ2) is 7.75. The Balaban J connectivity index is 1.77. The maximum Gasteiger partial charge on any atom is 0.267 e. The van der Waals surface area contributed by atoms with Crippen molar-refractivity contribution >= 4 is 39.1 Å². The molecule has 0 spiro atoms. The minimum absolute atomic E-state index is 0.0269. The molecule has 0 radical (unpaired) electrons. The van der Waals surface area contributed by atoms with Crippen LogP contribution in [-0.2, 0) is 4.79 Å². The Morgan fingerprint density at radius 2 is 1.86 bits per heavy atom. The van der Waals surface area contributed by atoms with Gasteiger partial charge in [-0.25, -0.2) is 4.68 Å². The molecule has 146 valence electrons. The lowest BCUT2D eigenvalue weighted by Crippen LogP contribution is -2.39. The van der Waals surface area contributed by atoms with Crippen LogP contribution in [0.2, 0.25) is 0 Å². The van der Waals surface area contributed by atoms with Crippen LogP contribution >= 0.6 is 15.9 Å². The summed E-state index contributed by atoms with van der Waals surface area (Å²) in [6.07, 6.45) is 0. The van der Waals surface area contributed by atoms with Crippen molar-refractivity contribution in [1.29, 1.82) is 0 Å². The van der Waals surface area contributed by atoms with E-state index in [0.717, 1.165) is 32.7 Å². The van der Waals surface area contributed by atoms with Crippen LogP contribution in [0, 0.1) is 13.8 Å². The summed E-state index contributed by atoms with van der Waals surface area (Å²) >= 11 is 3.51. The number of amides is 1. The molecule has 0 saturated carbocycles. The van der Waals surface area contributed by atoms with E-state index in [-0.39, 0.29) is 24.9 Å². The van der Waals surface area contributed by atoms with Gasteiger partial charge in [-0.1, -0.05) is 46.3 Å². The van der Waals surface area contributed by atoms with Gasteiger partial charge in [0.15, 0.2) is 0 Å². The Labute approximate surface area is 177 Å². The molecule has 0 bridgehead atoms. The van der Waals surface area contributed by atoms with Gasteiger partial charge in [0.1, 0.15) is 13.1 Å². The molecule has 0 N–H and O–H groups in total. The number of hydrogen-bond acceptors (Lipinski definition) is 4. The van der Waals surface area contributed by atoms with E-state index in [1.165, 1.54) is 9.58 Å². The van der Waals surface area contributed by atoms with Crippen LogP contribution in [0.3, 0.4) is 0 Å². The number of nitrogens with zero attached hydrogens (tertiary/aromatic N) is 4. The maximum atomic E-state index is 12.9.